The summed E-state index contributed by atoms with van der Waals surface area (Å²) in [5.74, 6) is -0.234. The molecule has 2 aromatic heterocycles. The summed E-state index contributed by atoms with van der Waals surface area (Å²) in [6, 6.07) is 35.0. The Bertz CT molecular complexity index is 1900. The van der Waals surface area contributed by atoms with Crippen molar-refractivity contribution in [2.24, 2.45) is 0 Å². The van der Waals surface area contributed by atoms with Crippen LogP contribution >= 0.6 is 11.6 Å². The molecule has 44 heavy (non-hydrogen) atoms. The molecule has 0 saturated carbocycles. The Morgan fingerprint density at radius 2 is 1.73 bits per heavy atom. The van der Waals surface area contributed by atoms with Crippen LogP contribution in [0.3, 0.4) is 0 Å². The molecule has 0 radical (unpaired) electrons. The minimum absolute atomic E-state index is 0.234. The first kappa shape index (κ1) is 28.6. The average molecular weight is 603 g/mol. The van der Waals surface area contributed by atoms with Gasteiger partial charge in [0, 0.05) is 27.9 Å². The molecule has 0 aliphatic carbocycles. The highest BCUT2D eigenvalue weighted by molar-refractivity contribution is 6.31. The minimum Gasteiger partial charge on any atom is -0.618 e. The van der Waals surface area contributed by atoms with Gasteiger partial charge in [0.15, 0.2) is 6.20 Å². The van der Waals surface area contributed by atoms with Gasteiger partial charge in [0.2, 0.25) is 5.69 Å². The molecule has 0 unspecified atom stereocenters. The van der Waals surface area contributed by atoms with E-state index >= 15 is 0 Å². The van der Waals surface area contributed by atoms with Crippen molar-refractivity contribution in [1.82, 2.24) is 20.2 Å². The van der Waals surface area contributed by atoms with Crippen LogP contribution in [0, 0.1) is 5.21 Å². The molecule has 218 valence electrons. The Morgan fingerprint density at radius 3 is 2.45 bits per heavy atom. The monoisotopic (exact) mass is 602 g/mol. The third-order valence-corrected chi connectivity index (χ3v) is 7.62. The van der Waals surface area contributed by atoms with Gasteiger partial charge in [0.25, 0.3) is 0 Å². The molecule has 6 rings (SSSR count). The first-order chi connectivity index (χ1) is 21.5. The summed E-state index contributed by atoms with van der Waals surface area (Å²) in [5, 5.41) is 28.5. The molecule has 1 N–H and O–H groups in total. The molecule has 0 fully saturated rings. The number of carbonyl (C=O) groups excluding carboxylic acids is 1. The van der Waals surface area contributed by atoms with Crippen molar-refractivity contribution in [2.45, 2.75) is 12.3 Å². The van der Waals surface area contributed by atoms with Gasteiger partial charge >= 0.3 is 6.09 Å². The van der Waals surface area contributed by atoms with Crippen molar-refractivity contribution in [1.29, 1.82) is 0 Å². The van der Waals surface area contributed by atoms with Crippen molar-refractivity contribution in [2.75, 3.05) is 12.4 Å². The highest BCUT2D eigenvalue weighted by Gasteiger charge is 2.24. The van der Waals surface area contributed by atoms with Gasteiger partial charge < -0.3 is 9.94 Å². The Labute approximate surface area is 258 Å². The number of anilines is 1. The molecule has 1 atom stereocenters. The number of hydrogen-bond acceptors (Lipinski definition) is 6. The zero-order valence-corrected chi connectivity index (χ0v) is 24.4. The number of methoxy groups -OCH3 is 1. The van der Waals surface area contributed by atoms with Gasteiger partial charge in [-0.05, 0) is 75.5 Å². The maximum Gasteiger partial charge on any atom is 0.411 e. The first-order valence-corrected chi connectivity index (χ1v) is 14.2. The molecule has 9 nitrogen and oxygen atoms in total. The lowest BCUT2D eigenvalue weighted by Crippen LogP contribution is -2.34. The number of tetrazole rings is 1. The maximum absolute atomic E-state index is 13.8. The molecule has 1 amide bonds. The fourth-order valence-electron chi connectivity index (χ4n) is 5.23. The van der Waals surface area contributed by atoms with E-state index in [2.05, 4.69) is 43.8 Å². The van der Waals surface area contributed by atoms with Gasteiger partial charge in [-0.3, -0.25) is 5.32 Å². The zero-order chi connectivity index (χ0) is 30.5. The molecule has 0 saturated heterocycles. The van der Waals surface area contributed by atoms with E-state index in [1.54, 1.807) is 18.3 Å². The van der Waals surface area contributed by atoms with Gasteiger partial charge in [0.05, 0.1) is 18.7 Å². The summed E-state index contributed by atoms with van der Waals surface area (Å²) in [4.78, 5) is 11.6. The normalized spacial score (nSPS) is 11.6. The van der Waals surface area contributed by atoms with E-state index in [9.17, 15) is 10.0 Å². The second kappa shape index (κ2) is 12.8. The number of nitrogens with one attached hydrogen (secondary N) is 1. The fourth-order valence-corrected chi connectivity index (χ4v) is 5.40. The standard InChI is InChI=1S/C34H27ClN6O3/c1-44-34(42)37-29-14-10-24(11-15-29)25-8-5-9-26(19-25)30(18-23-6-3-2-4-7-23)33-16-12-27(21-41(33)43)31-20-28(35)13-17-32(31)40-22-36-38-39-40/h2-17,19-22,30H,18H2,1H3,(H,37,42)/t30-/m1/s1. The molecule has 6 aromatic rings. The van der Waals surface area contributed by atoms with E-state index in [1.165, 1.54) is 18.1 Å². The van der Waals surface area contributed by atoms with E-state index in [0.717, 1.165) is 32.5 Å². The number of benzene rings is 4. The predicted octanol–water partition coefficient (Wildman–Crippen LogP) is 6.84. The third-order valence-electron chi connectivity index (χ3n) is 7.39. The third kappa shape index (κ3) is 6.28. The number of hydrogen-bond donors (Lipinski definition) is 1. The van der Waals surface area contributed by atoms with E-state index < -0.39 is 6.09 Å². The van der Waals surface area contributed by atoms with Crippen LogP contribution in [0.15, 0.2) is 122 Å². The smallest absolute Gasteiger partial charge is 0.411 e. The molecule has 0 bridgehead atoms. The number of halogens is 1. The molecular formula is C34H27ClN6O3. The van der Waals surface area contributed by atoms with Crippen molar-refractivity contribution in [3.8, 4) is 27.9 Å². The summed E-state index contributed by atoms with van der Waals surface area (Å²) in [5.41, 5.74) is 7.43. The van der Waals surface area contributed by atoms with Crippen LogP contribution in [-0.2, 0) is 11.2 Å². The number of carbonyl (C=O) groups is 1. The van der Waals surface area contributed by atoms with Crippen LogP contribution in [0.2, 0.25) is 5.02 Å². The number of aromatic nitrogens is 5. The quantitative estimate of drug-likeness (QED) is 0.151. The van der Waals surface area contributed by atoms with Gasteiger partial charge in [-0.1, -0.05) is 78.3 Å². The van der Waals surface area contributed by atoms with Gasteiger partial charge in [-0.25, -0.2) is 4.79 Å². The number of amides is 1. The number of rotatable bonds is 8. The maximum atomic E-state index is 13.8. The van der Waals surface area contributed by atoms with Crippen LogP contribution in [-0.4, -0.2) is 33.4 Å². The van der Waals surface area contributed by atoms with E-state index in [1.807, 2.05) is 78.9 Å². The van der Waals surface area contributed by atoms with Crippen LogP contribution in [0.5, 0.6) is 0 Å². The second-order valence-corrected chi connectivity index (χ2v) is 10.6. The molecule has 0 aliphatic rings. The number of ether oxygens (including phenoxy) is 1. The van der Waals surface area contributed by atoms with Crippen molar-refractivity contribution in [3.05, 3.63) is 149 Å². The van der Waals surface area contributed by atoms with Crippen LogP contribution in [0.25, 0.3) is 27.9 Å². The van der Waals surface area contributed by atoms with Crippen molar-refractivity contribution in [3.63, 3.8) is 0 Å². The predicted molar refractivity (Wildman–Crippen MR) is 168 cm³/mol. The van der Waals surface area contributed by atoms with Gasteiger partial charge in [-0.15, -0.1) is 5.10 Å². The number of pyridine rings is 1. The van der Waals surface area contributed by atoms with Crippen LogP contribution < -0.4 is 10.0 Å². The molecule has 0 aliphatic heterocycles. The number of nitrogens with zero attached hydrogens (tertiary/aromatic N) is 5. The summed E-state index contributed by atoms with van der Waals surface area (Å²) in [6.45, 7) is 0. The minimum atomic E-state index is -0.526. The van der Waals surface area contributed by atoms with Gasteiger partial charge in [-0.2, -0.15) is 9.41 Å². The molecule has 2 heterocycles. The Hall–Kier alpha value is -5.54. The first-order valence-electron chi connectivity index (χ1n) is 13.8. The fraction of sp³-hybridized carbons (Fsp3) is 0.0882. The van der Waals surface area contributed by atoms with E-state index in [4.69, 9.17) is 11.6 Å². The van der Waals surface area contributed by atoms with E-state index in [0.29, 0.717) is 34.1 Å². The highest BCUT2D eigenvalue weighted by atomic mass is 35.5. The van der Waals surface area contributed by atoms with Crippen LogP contribution in [0.1, 0.15) is 22.7 Å². The van der Waals surface area contributed by atoms with Crippen molar-refractivity contribution >= 4 is 23.4 Å². The Morgan fingerprint density at radius 1 is 0.932 bits per heavy atom. The summed E-state index contributed by atoms with van der Waals surface area (Å²) >= 11 is 6.35. The zero-order valence-electron chi connectivity index (χ0n) is 23.7. The summed E-state index contributed by atoms with van der Waals surface area (Å²) in [6.07, 6.45) is 3.17. The molecule has 10 heteroatoms. The highest BCUT2D eigenvalue weighted by Crippen LogP contribution is 2.33. The second-order valence-electron chi connectivity index (χ2n) is 10.1. The van der Waals surface area contributed by atoms with Crippen LogP contribution in [0.4, 0.5) is 10.5 Å². The largest absolute Gasteiger partial charge is 0.618 e. The average Bonchev–Trinajstić information content (AvgIpc) is 3.60. The lowest BCUT2D eigenvalue weighted by Gasteiger charge is -2.19. The lowest BCUT2D eigenvalue weighted by molar-refractivity contribution is -0.614. The van der Waals surface area contributed by atoms with Gasteiger partial charge in [0.1, 0.15) is 6.33 Å². The summed E-state index contributed by atoms with van der Waals surface area (Å²) in [7, 11) is 1.32. The Balaban J connectivity index is 1.38. The SMILES string of the molecule is COC(=O)Nc1ccc(-c2cccc([C@@H](Cc3ccccc3)c3ccc(-c4cc(Cl)ccc4-n4cnnn4)c[n+]3[O-])c2)cc1. The lowest BCUT2D eigenvalue weighted by atomic mass is 9.87. The molecular weight excluding hydrogens is 576 g/mol. The molecule has 4 aromatic carbocycles. The Kier molecular flexibility index (Phi) is 8.29. The van der Waals surface area contributed by atoms with E-state index in [-0.39, 0.29) is 5.92 Å². The topological polar surface area (TPSA) is 109 Å². The van der Waals surface area contributed by atoms with Crippen molar-refractivity contribution < 1.29 is 14.3 Å². The molecule has 0 spiro atoms. The summed E-state index contributed by atoms with van der Waals surface area (Å²) < 4.78 is 7.16.